The summed E-state index contributed by atoms with van der Waals surface area (Å²) in [6, 6.07) is 4.82. The lowest BCUT2D eigenvalue weighted by atomic mass is 10.0. The highest BCUT2D eigenvalue weighted by atomic mass is 16.5. The maximum Gasteiger partial charge on any atom is 0.255 e. The fourth-order valence-electron chi connectivity index (χ4n) is 6.76. The molecule has 0 unspecified atom stereocenters. The first-order valence-electron chi connectivity index (χ1n) is 17.5. The molecule has 3 N–H and O–H groups in total. The molecule has 2 saturated heterocycles. The summed E-state index contributed by atoms with van der Waals surface area (Å²) >= 11 is 0. The predicted octanol–water partition coefficient (Wildman–Crippen LogP) is 2.32. The van der Waals surface area contributed by atoms with E-state index in [4.69, 9.17) is 4.74 Å². The van der Waals surface area contributed by atoms with Gasteiger partial charge in [-0.05, 0) is 82.6 Å². The molecule has 0 bridgehead atoms. The van der Waals surface area contributed by atoms with Gasteiger partial charge in [0.1, 0.15) is 24.4 Å². The molecular formula is C35H54N6O6. The van der Waals surface area contributed by atoms with Crippen LogP contribution in [0.25, 0.3) is 0 Å². The van der Waals surface area contributed by atoms with Crippen molar-refractivity contribution in [2.75, 3.05) is 52.9 Å². The second kappa shape index (κ2) is 18.0. The van der Waals surface area contributed by atoms with Crippen molar-refractivity contribution in [3.63, 3.8) is 0 Å². The van der Waals surface area contributed by atoms with Crippen LogP contribution in [0, 0.1) is 5.92 Å². The minimum atomic E-state index is -0.955. The number of benzene rings is 1. The number of carbonyl (C=O) groups is 5. The zero-order valence-electron chi connectivity index (χ0n) is 28.4. The Bertz CT molecular complexity index is 1230. The largest absolute Gasteiger partial charge is 0.491 e. The van der Waals surface area contributed by atoms with Gasteiger partial charge < -0.3 is 35.4 Å². The lowest BCUT2D eigenvalue weighted by molar-refractivity contribution is -0.144. The van der Waals surface area contributed by atoms with Gasteiger partial charge in [0.05, 0.1) is 18.2 Å². The first-order chi connectivity index (χ1) is 22.6. The number of nitrogens with one attached hydrogen (secondary N) is 3. The van der Waals surface area contributed by atoms with Crippen LogP contribution in [0.15, 0.2) is 24.3 Å². The molecule has 3 atom stereocenters. The number of amides is 5. The molecule has 0 saturated carbocycles. The van der Waals surface area contributed by atoms with E-state index >= 15 is 0 Å². The van der Waals surface area contributed by atoms with Crippen molar-refractivity contribution in [2.24, 2.45) is 5.92 Å². The number of ether oxygens (including phenoxy) is 1. The zero-order chi connectivity index (χ0) is 33.8. The predicted molar refractivity (Wildman–Crippen MR) is 179 cm³/mol. The highest BCUT2D eigenvalue weighted by Crippen LogP contribution is 2.23. The molecule has 3 aliphatic heterocycles. The molecule has 0 aliphatic carbocycles. The van der Waals surface area contributed by atoms with Gasteiger partial charge in [-0.3, -0.25) is 24.0 Å². The number of fused-ring (bicyclic) bond motifs is 2. The van der Waals surface area contributed by atoms with Gasteiger partial charge in [-0.2, -0.15) is 0 Å². The van der Waals surface area contributed by atoms with Crippen molar-refractivity contribution >= 4 is 29.5 Å². The second-order valence-corrected chi connectivity index (χ2v) is 13.6. The molecule has 3 aliphatic rings. The van der Waals surface area contributed by atoms with Gasteiger partial charge in [0, 0.05) is 26.6 Å². The van der Waals surface area contributed by atoms with Crippen LogP contribution in [0.5, 0.6) is 5.75 Å². The average molecular weight is 655 g/mol. The van der Waals surface area contributed by atoms with Gasteiger partial charge in [-0.1, -0.05) is 38.8 Å². The lowest BCUT2D eigenvalue weighted by Crippen LogP contribution is -2.51. The third kappa shape index (κ3) is 10.9. The Morgan fingerprint density at radius 3 is 2.47 bits per heavy atom. The maximum atomic E-state index is 13.6. The Morgan fingerprint density at radius 2 is 1.72 bits per heavy atom. The maximum absolute atomic E-state index is 13.6. The Morgan fingerprint density at radius 1 is 0.979 bits per heavy atom. The molecule has 2 fully saturated rings. The number of hydrogen-bond donors (Lipinski definition) is 3. The first-order valence-corrected chi connectivity index (χ1v) is 17.5. The van der Waals surface area contributed by atoms with E-state index in [0.29, 0.717) is 38.1 Å². The molecule has 1 aromatic rings. The summed E-state index contributed by atoms with van der Waals surface area (Å²) < 4.78 is 6.11. The van der Waals surface area contributed by atoms with Gasteiger partial charge in [0.25, 0.3) is 5.91 Å². The van der Waals surface area contributed by atoms with E-state index in [1.165, 1.54) is 30.6 Å². The Kier molecular flexibility index (Phi) is 13.9. The molecule has 47 heavy (non-hydrogen) atoms. The van der Waals surface area contributed by atoms with Crippen molar-refractivity contribution in [2.45, 2.75) is 96.2 Å². The van der Waals surface area contributed by atoms with Crippen LogP contribution in [-0.2, 0) is 19.2 Å². The summed E-state index contributed by atoms with van der Waals surface area (Å²) in [4.78, 5) is 72.4. The molecule has 4 rings (SSSR count). The monoisotopic (exact) mass is 654 g/mol. The van der Waals surface area contributed by atoms with Crippen LogP contribution >= 0.6 is 0 Å². The van der Waals surface area contributed by atoms with Crippen molar-refractivity contribution in [3.05, 3.63) is 29.8 Å². The third-order valence-electron chi connectivity index (χ3n) is 9.23. The first kappa shape index (κ1) is 36.2. The third-order valence-corrected chi connectivity index (χ3v) is 9.23. The second-order valence-electron chi connectivity index (χ2n) is 13.6. The van der Waals surface area contributed by atoms with E-state index in [-0.39, 0.29) is 67.1 Å². The number of para-hydroxylation sites is 1. The van der Waals surface area contributed by atoms with Crippen LogP contribution in [-0.4, -0.2) is 115 Å². The number of carbonyl (C=O) groups excluding carboxylic acids is 5. The van der Waals surface area contributed by atoms with E-state index in [2.05, 4.69) is 20.9 Å². The summed E-state index contributed by atoms with van der Waals surface area (Å²) in [5, 5.41) is 8.84. The smallest absolute Gasteiger partial charge is 0.255 e. The van der Waals surface area contributed by atoms with Crippen molar-refractivity contribution in [1.82, 2.24) is 30.7 Å². The molecule has 0 radical (unpaired) electrons. The highest BCUT2D eigenvalue weighted by molar-refractivity contribution is 6.00. The molecule has 260 valence electrons. The van der Waals surface area contributed by atoms with E-state index in [1.807, 2.05) is 13.8 Å². The van der Waals surface area contributed by atoms with Gasteiger partial charge >= 0.3 is 0 Å². The van der Waals surface area contributed by atoms with E-state index in [9.17, 15) is 24.0 Å². The lowest BCUT2D eigenvalue weighted by Gasteiger charge is -2.29. The molecular weight excluding hydrogens is 600 g/mol. The van der Waals surface area contributed by atoms with Crippen LogP contribution in [0.2, 0.25) is 0 Å². The highest BCUT2D eigenvalue weighted by Gasteiger charge is 2.37. The summed E-state index contributed by atoms with van der Waals surface area (Å²) in [7, 11) is 1.58. The summed E-state index contributed by atoms with van der Waals surface area (Å²) in [5.74, 6) is -1.12. The number of likely N-dealkylation sites (N-methyl/N-ethyl adjacent to an activating group) is 1. The van der Waals surface area contributed by atoms with E-state index in [0.717, 1.165) is 26.1 Å². The zero-order valence-corrected chi connectivity index (χ0v) is 28.4. The normalized spacial score (nSPS) is 24.3. The van der Waals surface area contributed by atoms with Gasteiger partial charge in [-0.15, -0.1) is 0 Å². The number of nitrogens with zero attached hydrogens (tertiary/aromatic N) is 3. The summed E-state index contributed by atoms with van der Waals surface area (Å²) in [6.07, 6.45) is 7.59. The van der Waals surface area contributed by atoms with Gasteiger partial charge in [0.2, 0.25) is 23.6 Å². The fourth-order valence-corrected chi connectivity index (χ4v) is 6.76. The van der Waals surface area contributed by atoms with Crippen LogP contribution < -0.4 is 20.7 Å². The number of rotatable bonds is 7. The van der Waals surface area contributed by atoms with E-state index in [1.54, 1.807) is 36.2 Å². The SMILES string of the molecule is CC(C)C[C@H]1COc2ccccc2C(=O)N[C@H](C(=O)NCCCN2CCCCCC2)CCC(=O)N2CCC[C@@H]2C(=O)N(C)CC(=O)N1. The topological polar surface area (TPSA) is 140 Å². The number of likely N-dealkylation sites (tertiary alicyclic amines) is 1. The summed E-state index contributed by atoms with van der Waals surface area (Å²) in [6.45, 7) is 8.01. The standard InChI is InChI=1S/C35H54N6O6/c1-25(2)22-26-24-47-30-14-7-6-12-27(30)33(44)38-28(34(45)36-17-11-20-40-18-8-4-5-9-19-40)15-16-32(43)41-21-10-13-29(41)35(46)39(3)23-31(42)37-26/h6-7,12,14,25-26,28-29H,4-5,8-11,13,15-24H2,1-3H3,(H,36,45)(H,37,42)(H,38,44)/t26-,28-,29+/m0/s1. The Balaban J connectivity index is 1.52. The van der Waals surface area contributed by atoms with E-state index < -0.39 is 18.0 Å². The molecule has 12 nitrogen and oxygen atoms in total. The minimum Gasteiger partial charge on any atom is -0.491 e. The van der Waals surface area contributed by atoms with Crippen LogP contribution in [0.4, 0.5) is 0 Å². The fraction of sp³-hybridized carbons (Fsp3) is 0.686. The molecule has 12 heteroatoms. The molecule has 0 aromatic heterocycles. The Labute approximate surface area is 279 Å². The molecule has 0 spiro atoms. The Hall–Kier alpha value is -3.67. The summed E-state index contributed by atoms with van der Waals surface area (Å²) in [5.41, 5.74) is 0.262. The molecule has 1 aromatic carbocycles. The van der Waals surface area contributed by atoms with Gasteiger partial charge in [-0.25, -0.2) is 0 Å². The van der Waals surface area contributed by atoms with Crippen LogP contribution in [0.1, 0.15) is 88.4 Å². The van der Waals surface area contributed by atoms with Crippen molar-refractivity contribution in [1.29, 1.82) is 0 Å². The van der Waals surface area contributed by atoms with Crippen molar-refractivity contribution < 1.29 is 28.7 Å². The molecule has 5 amide bonds. The average Bonchev–Trinajstić information content (AvgIpc) is 3.39. The quantitative estimate of drug-likeness (QED) is 0.384. The molecule has 3 heterocycles. The number of hydrogen-bond acceptors (Lipinski definition) is 7. The van der Waals surface area contributed by atoms with Gasteiger partial charge in [0.15, 0.2) is 0 Å². The van der Waals surface area contributed by atoms with Crippen molar-refractivity contribution in [3.8, 4) is 5.75 Å². The van der Waals surface area contributed by atoms with Crippen LogP contribution in [0.3, 0.4) is 0 Å². The minimum absolute atomic E-state index is 0.0187.